The zero-order chi connectivity index (χ0) is 21.0. The van der Waals surface area contributed by atoms with Gasteiger partial charge in [0.05, 0.1) is 35.8 Å². The number of hydrogen-bond donors (Lipinski definition) is 1. The SMILES string of the molecule is CCOC(=O)c1c2ccccc2n2cc(OCC#N)c(OC(C)CC(=O)O)cc12. The Kier molecular flexibility index (Phi) is 5.88. The summed E-state index contributed by atoms with van der Waals surface area (Å²) >= 11 is 0. The van der Waals surface area contributed by atoms with Crippen LogP contribution < -0.4 is 9.47 Å². The van der Waals surface area contributed by atoms with Crippen LogP contribution in [0.3, 0.4) is 0 Å². The van der Waals surface area contributed by atoms with E-state index in [1.165, 1.54) is 0 Å². The Morgan fingerprint density at radius 1 is 1.24 bits per heavy atom. The second-order valence-corrected chi connectivity index (χ2v) is 6.34. The number of esters is 1. The molecule has 0 amide bonds. The van der Waals surface area contributed by atoms with Crippen molar-refractivity contribution >= 4 is 28.4 Å². The number of nitrogens with zero attached hydrogens (tertiary/aromatic N) is 2. The van der Waals surface area contributed by atoms with Crippen molar-refractivity contribution in [2.24, 2.45) is 0 Å². The third kappa shape index (κ3) is 4.09. The number of carbonyl (C=O) groups is 2. The van der Waals surface area contributed by atoms with Gasteiger partial charge in [-0.2, -0.15) is 5.26 Å². The monoisotopic (exact) mass is 396 g/mol. The van der Waals surface area contributed by atoms with Crippen LogP contribution in [0.1, 0.15) is 30.6 Å². The van der Waals surface area contributed by atoms with Gasteiger partial charge in [0.2, 0.25) is 0 Å². The molecule has 1 atom stereocenters. The van der Waals surface area contributed by atoms with Gasteiger partial charge in [-0.05, 0) is 19.9 Å². The van der Waals surface area contributed by atoms with E-state index in [1.807, 2.05) is 30.3 Å². The number of nitriles is 1. The smallest absolute Gasteiger partial charge is 0.340 e. The van der Waals surface area contributed by atoms with Gasteiger partial charge in [-0.15, -0.1) is 0 Å². The molecule has 3 rings (SSSR count). The van der Waals surface area contributed by atoms with Gasteiger partial charge in [-0.25, -0.2) is 4.79 Å². The summed E-state index contributed by atoms with van der Waals surface area (Å²) in [6, 6.07) is 10.8. The van der Waals surface area contributed by atoms with E-state index in [4.69, 9.17) is 24.6 Å². The normalized spacial score (nSPS) is 11.8. The molecule has 2 heterocycles. The summed E-state index contributed by atoms with van der Waals surface area (Å²) in [7, 11) is 0. The number of aliphatic carboxylic acids is 1. The molecule has 3 aromatic rings. The Balaban J connectivity index is 2.22. The first kappa shape index (κ1) is 20.0. The van der Waals surface area contributed by atoms with Crippen molar-refractivity contribution < 1.29 is 28.9 Å². The van der Waals surface area contributed by atoms with Crippen molar-refractivity contribution in [1.82, 2.24) is 4.40 Å². The third-order valence-electron chi connectivity index (χ3n) is 4.27. The van der Waals surface area contributed by atoms with E-state index >= 15 is 0 Å². The van der Waals surface area contributed by atoms with Crippen LogP contribution in [0.15, 0.2) is 36.5 Å². The number of carbonyl (C=O) groups excluding carboxylic acids is 1. The molecular weight excluding hydrogens is 376 g/mol. The van der Waals surface area contributed by atoms with Gasteiger partial charge >= 0.3 is 11.9 Å². The lowest BCUT2D eigenvalue weighted by molar-refractivity contribution is -0.138. The fourth-order valence-electron chi connectivity index (χ4n) is 3.17. The van der Waals surface area contributed by atoms with Crippen LogP contribution in [0.25, 0.3) is 16.4 Å². The molecule has 1 N–H and O–H groups in total. The van der Waals surface area contributed by atoms with Crippen LogP contribution >= 0.6 is 0 Å². The lowest BCUT2D eigenvalue weighted by Crippen LogP contribution is -2.17. The molecule has 0 aliphatic rings. The van der Waals surface area contributed by atoms with Crippen LogP contribution in [0.5, 0.6) is 11.5 Å². The number of ether oxygens (including phenoxy) is 3. The molecule has 29 heavy (non-hydrogen) atoms. The van der Waals surface area contributed by atoms with Gasteiger partial charge in [0.25, 0.3) is 0 Å². The highest BCUT2D eigenvalue weighted by atomic mass is 16.5. The fraction of sp³-hybridized carbons (Fsp3) is 0.286. The molecule has 1 aromatic carbocycles. The van der Waals surface area contributed by atoms with Gasteiger partial charge in [0.15, 0.2) is 18.1 Å². The quantitative estimate of drug-likeness (QED) is 0.581. The largest absolute Gasteiger partial charge is 0.486 e. The zero-order valence-electron chi connectivity index (χ0n) is 16.0. The lowest BCUT2D eigenvalue weighted by atomic mass is 10.1. The second-order valence-electron chi connectivity index (χ2n) is 6.34. The number of aromatic nitrogens is 1. The Hall–Kier alpha value is -3.73. The molecule has 8 nitrogen and oxygen atoms in total. The highest BCUT2D eigenvalue weighted by Gasteiger charge is 2.22. The summed E-state index contributed by atoms with van der Waals surface area (Å²) in [6.07, 6.45) is 0.770. The molecule has 0 saturated heterocycles. The zero-order valence-corrected chi connectivity index (χ0v) is 16.0. The molecule has 1 unspecified atom stereocenters. The molecule has 2 aromatic heterocycles. The van der Waals surface area contributed by atoms with E-state index in [0.29, 0.717) is 16.5 Å². The summed E-state index contributed by atoms with van der Waals surface area (Å²) in [5.41, 5.74) is 1.67. The first-order valence-electron chi connectivity index (χ1n) is 9.08. The topological polar surface area (TPSA) is 110 Å². The van der Waals surface area contributed by atoms with E-state index in [0.717, 1.165) is 5.52 Å². The first-order valence-corrected chi connectivity index (χ1v) is 9.08. The van der Waals surface area contributed by atoms with Gasteiger partial charge < -0.3 is 23.7 Å². The Morgan fingerprint density at radius 3 is 2.69 bits per heavy atom. The minimum absolute atomic E-state index is 0.209. The summed E-state index contributed by atoms with van der Waals surface area (Å²) in [5, 5.41) is 18.6. The number of fused-ring (bicyclic) bond motifs is 3. The highest BCUT2D eigenvalue weighted by molar-refractivity contribution is 6.12. The van der Waals surface area contributed by atoms with E-state index in [-0.39, 0.29) is 31.1 Å². The predicted molar refractivity (Wildman–Crippen MR) is 104 cm³/mol. The highest BCUT2D eigenvalue weighted by Crippen LogP contribution is 2.36. The molecular formula is C21H20N2O6. The number of para-hydroxylation sites is 1. The number of carboxylic acid groups (broad SMARTS) is 1. The van der Waals surface area contributed by atoms with Gasteiger partial charge in [0.1, 0.15) is 12.2 Å². The molecule has 0 fully saturated rings. The Bertz CT molecular complexity index is 1110. The fourth-order valence-corrected chi connectivity index (χ4v) is 3.17. The van der Waals surface area contributed by atoms with Gasteiger partial charge in [0, 0.05) is 11.5 Å². The molecule has 150 valence electrons. The number of hydrogen-bond acceptors (Lipinski definition) is 6. The Labute approximate surface area is 166 Å². The maximum Gasteiger partial charge on any atom is 0.340 e. The van der Waals surface area contributed by atoms with Gasteiger partial charge in [-0.3, -0.25) is 4.79 Å². The van der Waals surface area contributed by atoms with Crippen molar-refractivity contribution in [3.05, 3.63) is 42.1 Å². The number of pyridine rings is 1. The van der Waals surface area contributed by atoms with Crippen LogP contribution in [0, 0.1) is 11.3 Å². The van der Waals surface area contributed by atoms with Crippen molar-refractivity contribution in [3.63, 3.8) is 0 Å². The number of rotatable bonds is 8. The third-order valence-corrected chi connectivity index (χ3v) is 4.27. The van der Waals surface area contributed by atoms with Gasteiger partial charge in [-0.1, -0.05) is 18.2 Å². The molecule has 8 heteroatoms. The van der Waals surface area contributed by atoms with Crippen molar-refractivity contribution in [2.75, 3.05) is 13.2 Å². The second kappa shape index (κ2) is 8.52. The molecule has 0 aliphatic carbocycles. The molecule has 0 bridgehead atoms. The van der Waals surface area contributed by atoms with Crippen LogP contribution in [0.2, 0.25) is 0 Å². The summed E-state index contributed by atoms with van der Waals surface area (Å²) in [5.74, 6) is -0.956. The van der Waals surface area contributed by atoms with E-state index < -0.39 is 18.0 Å². The van der Waals surface area contributed by atoms with Crippen molar-refractivity contribution in [2.45, 2.75) is 26.4 Å². The van der Waals surface area contributed by atoms with Crippen molar-refractivity contribution in [3.8, 4) is 17.6 Å². The maximum atomic E-state index is 12.6. The van der Waals surface area contributed by atoms with E-state index in [2.05, 4.69) is 0 Å². The molecule has 0 spiro atoms. The van der Waals surface area contributed by atoms with Crippen LogP contribution in [0.4, 0.5) is 0 Å². The molecule has 0 saturated carbocycles. The summed E-state index contributed by atoms with van der Waals surface area (Å²) < 4.78 is 18.3. The average molecular weight is 396 g/mol. The van der Waals surface area contributed by atoms with Crippen molar-refractivity contribution in [1.29, 1.82) is 5.26 Å². The molecule has 0 aliphatic heterocycles. The number of benzene rings is 1. The predicted octanol–water partition coefficient (Wildman–Crippen LogP) is 3.41. The number of carboxylic acids is 1. The van der Waals surface area contributed by atoms with E-state index in [1.54, 1.807) is 30.5 Å². The van der Waals surface area contributed by atoms with Crippen LogP contribution in [-0.2, 0) is 9.53 Å². The average Bonchev–Trinajstić information content (AvgIpc) is 2.99. The minimum Gasteiger partial charge on any atom is -0.486 e. The maximum absolute atomic E-state index is 12.6. The standard InChI is InChI=1S/C21H20N2O6/c1-3-27-21(26)20-14-6-4-5-7-15(14)23-12-18(28-9-8-22)17(11-16(20)23)29-13(2)10-19(24)25/h4-7,11-13H,3,9-10H2,1-2H3,(H,24,25). The summed E-state index contributed by atoms with van der Waals surface area (Å²) in [4.78, 5) is 23.6. The van der Waals surface area contributed by atoms with E-state index in [9.17, 15) is 9.59 Å². The minimum atomic E-state index is -1.00. The summed E-state index contributed by atoms with van der Waals surface area (Å²) in [6.45, 7) is 3.37. The first-order chi connectivity index (χ1) is 14.0. The van der Waals surface area contributed by atoms with Crippen LogP contribution in [-0.4, -0.2) is 40.8 Å². The lowest BCUT2D eigenvalue weighted by Gasteiger charge is -2.17. The Morgan fingerprint density at radius 2 is 2.00 bits per heavy atom. The molecule has 0 radical (unpaired) electrons.